The summed E-state index contributed by atoms with van der Waals surface area (Å²) in [6.07, 6.45) is 1.49. The molecule has 9 nitrogen and oxygen atoms in total. The third-order valence-corrected chi connectivity index (χ3v) is 6.37. The van der Waals surface area contributed by atoms with Gasteiger partial charge in [0.2, 0.25) is 0 Å². The number of ether oxygens (including phenoxy) is 4. The molecular formula is C31H33N3O6. The van der Waals surface area contributed by atoms with Crippen LogP contribution in [0.25, 0.3) is 22.3 Å². The Morgan fingerprint density at radius 3 is 2.50 bits per heavy atom. The van der Waals surface area contributed by atoms with Crippen LogP contribution in [-0.4, -0.2) is 49.3 Å². The smallest absolute Gasteiger partial charge is 0.344 e. The van der Waals surface area contributed by atoms with Crippen molar-refractivity contribution in [3.05, 3.63) is 81.6 Å². The van der Waals surface area contributed by atoms with Gasteiger partial charge in [-0.1, -0.05) is 32.0 Å². The summed E-state index contributed by atoms with van der Waals surface area (Å²) in [6, 6.07) is 16.3. The summed E-state index contributed by atoms with van der Waals surface area (Å²) in [5.74, 6) is 1.53. The molecule has 0 unspecified atom stereocenters. The van der Waals surface area contributed by atoms with Crippen LogP contribution in [0.15, 0.2) is 64.5 Å². The largest absolute Gasteiger partial charge is 0.496 e. The monoisotopic (exact) mass is 543 g/mol. The number of para-hydroxylation sites is 2. The predicted molar refractivity (Wildman–Crippen MR) is 155 cm³/mol. The van der Waals surface area contributed by atoms with E-state index in [9.17, 15) is 9.59 Å². The summed E-state index contributed by atoms with van der Waals surface area (Å²) in [5.41, 5.74) is 3.37. The number of aromatic nitrogens is 2. The van der Waals surface area contributed by atoms with Gasteiger partial charge in [0.15, 0.2) is 23.9 Å². The number of hydrogen-bond acceptors (Lipinski definition) is 8. The maximum atomic E-state index is 13.8. The summed E-state index contributed by atoms with van der Waals surface area (Å²) in [7, 11) is 3.15. The zero-order chi connectivity index (χ0) is 28.8. The van der Waals surface area contributed by atoms with E-state index in [1.165, 1.54) is 18.0 Å². The zero-order valence-corrected chi connectivity index (χ0v) is 23.6. The van der Waals surface area contributed by atoms with E-state index in [4.69, 9.17) is 23.9 Å². The molecule has 0 aliphatic carbocycles. The summed E-state index contributed by atoms with van der Waals surface area (Å²) in [4.78, 5) is 30.6. The minimum Gasteiger partial charge on any atom is -0.496 e. The van der Waals surface area contributed by atoms with E-state index >= 15 is 0 Å². The Hall–Kier alpha value is -4.66. The molecule has 0 aliphatic rings. The van der Waals surface area contributed by atoms with Gasteiger partial charge in [-0.15, -0.1) is 0 Å². The molecule has 0 saturated carbocycles. The number of hydrogen-bond donors (Lipinski definition) is 0. The van der Waals surface area contributed by atoms with Crippen molar-refractivity contribution in [2.24, 2.45) is 5.10 Å². The van der Waals surface area contributed by atoms with E-state index in [-0.39, 0.29) is 24.7 Å². The summed E-state index contributed by atoms with van der Waals surface area (Å²) in [6.45, 7) is 7.77. The number of rotatable bonds is 10. The van der Waals surface area contributed by atoms with Gasteiger partial charge in [0, 0.05) is 11.1 Å². The van der Waals surface area contributed by atoms with Gasteiger partial charge in [-0.3, -0.25) is 4.79 Å². The molecule has 1 heterocycles. The maximum Gasteiger partial charge on any atom is 0.344 e. The van der Waals surface area contributed by atoms with Gasteiger partial charge < -0.3 is 18.9 Å². The number of benzene rings is 3. The highest BCUT2D eigenvalue weighted by Gasteiger charge is 2.19. The van der Waals surface area contributed by atoms with Crippen LogP contribution >= 0.6 is 0 Å². The molecule has 0 N–H and O–H groups in total. The van der Waals surface area contributed by atoms with Gasteiger partial charge in [-0.05, 0) is 67.3 Å². The lowest BCUT2D eigenvalue weighted by Crippen LogP contribution is -2.21. The first-order valence-corrected chi connectivity index (χ1v) is 13.0. The number of carbonyl (C=O) groups is 1. The molecular weight excluding hydrogens is 510 g/mol. The number of fused-ring (bicyclic) bond motifs is 1. The lowest BCUT2D eigenvalue weighted by atomic mass is 9.96. The Labute approximate surface area is 233 Å². The molecule has 0 spiro atoms. The van der Waals surface area contributed by atoms with Crippen LogP contribution in [0.3, 0.4) is 0 Å². The van der Waals surface area contributed by atoms with E-state index in [2.05, 4.69) is 18.9 Å². The van der Waals surface area contributed by atoms with E-state index in [1.54, 1.807) is 50.4 Å². The van der Waals surface area contributed by atoms with Crippen molar-refractivity contribution >= 4 is 23.1 Å². The van der Waals surface area contributed by atoms with Crippen LogP contribution in [0.4, 0.5) is 0 Å². The Morgan fingerprint density at radius 1 is 1.05 bits per heavy atom. The highest BCUT2D eigenvalue weighted by molar-refractivity contribution is 5.86. The minimum atomic E-state index is -0.510. The predicted octanol–water partition coefficient (Wildman–Crippen LogP) is 5.34. The van der Waals surface area contributed by atoms with Crippen LogP contribution < -0.4 is 19.8 Å². The highest BCUT2D eigenvalue weighted by Crippen LogP contribution is 2.34. The van der Waals surface area contributed by atoms with E-state index < -0.39 is 5.97 Å². The third-order valence-electron chi connectivity index (χ3n) is 6.37. The second-order valence-electron chi connectivity index (χ2n) is 9.35. The molecule has 40 heavy (non-hydrogen) atoms. The van der Waals surface area contributed by atoms with Crippen molar-refractivity contribution in [2.75, 3.05) is 27.4 Å². The fourth-order valence-corrected chi connectivity index (χ4v) is 4.38. The van der Waals surface area contributed by atoms with Gasteiger partial charge in [0.05, 0.1) is 37.9 Å². The average Bonchev–Trinajstić information content (AvgIpc) is 2.95. The first kappa shape index (κ1) is 28.4. The van der Waals surface area contributed by atoms with Crippen molar-refractivity contribution in [1.29, 1.82) is 0 Å². The van der Waals surface area contributed by atoms with E-state index in [0.29, 0.717) is 33.8 Å². The normalized spacial score (nSPS) is 11.3. The fraction of sp³-hybridized carbons (Fsp3) is 0.290. The van der Waals surface area contributed by atoms with Crippen molar-refractivity contribution in [2.45, 2.75) is 33.6 Å². The van der Waals surface area contributed by atoms with Crippen molar-refractivity contribution in [1.82, 2.24) is 9.66 Å². The van der Waals surface area contributed by atoms with Crippen LogP contribution in [-0.2, 0) is 9.53 Å². The molecule has 0 aliphatic heterocycles. The number of carbonyl (C=O) groups excluding carboxylic acids is 1. The van der Waals surface area contributed by atoms with Gasteiger partial charge >= 0.3 is 5.97 Å². The molecule has 0 amide bonds. The summed E-state index contributed by atoms with van der Waals surface area (Å²) in [5, 5.41) is 5.03. The first-order chi connectivity index (χ1) is 19.3. The number of nitrogens with zero attached hydrogens (tertiary/aromatic N) is 3. The number of esters is 1. The second kappa shape index (κ2) is 12.5. The van der Waals surface area contributed by atoms with Crippen LogP contribution in [0, 0.1) is 6.92 Å². The van der Waals surface area contributed by atoms with E-state index in [0.717, 1.165) is 22.4 Å². The SMILES string of the molecule is CCOC(=O)COc1c(C=Nn2c(-c3cc(C(C)C)c(OC)cc3C)nc3ccccc3c2=O)cccc1OC. The summed E-state index contributed by atoms with van der Waals surface area (Å²) < 4.78 is 23.1. The lowest BCUT2D eigenvalue weighted by Gasteiger charge is -2.17. The Morgan fingerprint density at radius 2 is 1.80 bits per heavy atom. The molecule has 9 heteroatoms. The molecule has 3 aromatic carbocycles. The third kappa shape index (κ3) is 5.83. The van der Waals surface area contributed by atoms with Crippen molar-refractivity contribution < 1.29 is 23.7 Å². The Kier molecular flexibility index (Phi) is 8.83. The Bertz CT molecular complexity index is 1620. The molecule has 1 aromatic heterocycles. The standard InChI is InChI=1S/C31H33N3O6/c1-7-39-28(35)18-40-29-21(11-10-14-26(29)37-5)17-32-34-30(33-25-13-9-8-12-22(25)31(34)36)24-16-23(19(2)3)27(38-6)15-20(24)4/h8-17,19H,7,18H2,1-6H3. The molecule has 4 aromatic rings. The zero-order valence-electron chi connectivity index (χ0n) is 23.6. The van der Waals surface area contributed by atoms with Gasteiger partial charge in [-0.25, -0.2) is 9.78 Å². The topological polar surface area (TPSA) is 101 Å². The van der Waals surface area contributed by atoms with Gasteiger partial charge in [0.25, 0.3) is 5.56 Å². The van der Waals surface area contributed by atoms with Gasteiger partial charge in [-0.2, -0.15) is 9.78 Å². The van der Waals surface area contributed by atoms with E-state index in [1.807, 2.05) is 25.1 Å². The van der Waals surface area contributed by atoms with Crippen molar-refractivity contribution in [3.8, 4) is 28.6 Å². The fourth-order valence-electron chi connectivity index (χ4n) is 4.38. The second-order valence-corrected chi connectivity index (χ2v) is 9.35. The molecule has 0 fully saturated rings. The first-order valence-electron chi connectivity index (χ1n) is 13.0. The minimum absolute atomic E-state index is 0.175. The summed E-state index contributed by atoms with van der Waals surface area (Å²) >= 11 is 0. The Balaban J connectivity index is 1.90. The molecule has 0 atom stereocenters. The number of methoxy groups -OCH3 is 2. The number of aryl methyl sites for hydroxylation is 1. The molecule has 0 saturated heterocycles. The maximum absolute atomic E-state index is 13.8. The lowest BCUT2D eigenvalue weighted by molar-refractivity contribution is -0.145. The average molecular weight is 544 g/mol. The quantitative estimate of drug-likeness (QED) is 0.197. The molecule has 0 bridgehead atoms. The highest BCUT2D eigenvalue weighted by atomic mass is 16.6. The van der Waals surface area contributed by atoms with Crippen LogP contribution in [0.1, 0.15) is 43.4 Å². The van der Waals surface area contributed by atoms with Crippen LogP contribution in [0.5, 0.6) is 17.2 Å². The van der Waals surface area contributed by atoms with Gasteiger partial charge in [0.1, 0.15) is 5.75 Å². The molecule has 0 radical (unpaired) electrons. The molecule has 4 rings (SSSR count). The molecule has 208 valence electrons. The van der Waals surface area contributed by atoms with Crippen LogP contribution in [0.2, 0.25) is 0 Å². The van der Waals surface area contributed by atoms with Crippen molar-refractivity contribution in [3.63, 3.8) is 0 Å².